The van der Waals surface area contributed by atoms with E-state index in [-0.39, 0.29) is 24.9 Å². The maximum absolute atomic E-state index is 15.6. The lowest BCUT2D eigenvalue weighted by molar-refractivity contribution is -0.0566. The van der Waals surface area contributed by atoms with Crippen LogP contribution in [0, 0.1) is 17.7 Å². The molecule has 224 valence electrons. The molecule has 0 radical (unpaired) electrons. The summed E-state index contributed by atoms with van der Waals surface area (Å²) in [6.07, 6.45) is 3.64. The largest absolute Gasteiger partial charge is 0.465 e. The topological polar surface area (TPSA) is 105 Å². The zero-order valence-corrected chi connectivity index (χ0v) is 24.4. The van der Waals surface area contributed by atoms with E-state index in [1.165, 1.54) is 6.07 Å². The van der Waals surface area contributed by atoms with Gasteiger partial charge in [-0.05, 0) is 87.2 Å². The van der Waals surface area contributed by atoms with Crippen molar-refractivity contribution in [3.63, 3.8) is 0 Å². The van der Waals surface area contributed by atoms with E-state index >= 15 is 4.39 Å². The molecule has 2 aliphatic rings. The molecule has 3 amide bonds. The van der Waals surface area contributed by atoms with Crippen LogP contribution >= 0.6 is 0 Å². The Balaban J connectivity index is 1.63. The minimum atomic E-state index is -1.46. The molecule has 0 saturated carbocycles. The molecular weight excluding hydrogens is 523 g/mol. The van der Waals surface area contributed by atoms with E-state index < -0.39 is 17.5 Å². The highest BCUT2D eigenvalue weighted by molar-refractivity contribution is 5.75. The number of carbonyl (C=O) groups is 2. The molecule has 0 spiro atoms. The summed E-state index contributed by atoms with van der Waals surface area (Å²) in [7, 11) is 1.95. The first-order valence-corrected chi connectivity index (χ1v) is 15.0. The highest BCUT2D eigenvalue weighted by Gasteiger charge is 2.43. The number of urea groups is 1. The Morgan fingerprint density at radius 2 is 1.83 bits per heavy atom. The van der Waals surface area contributed by atoms with Gasteiger partial charge in [-0.2, -0.15) is 0 Å². The van der Waals surface area contributed by atoms with Crippen LogP contribution in [0.25, 0.3) is 11.1 Å². The zero-order valence-electron chi connectivity index (χ0n) is 24.4. The summed E-state index contributed by atoms with van der Waals surface area (Å²) in [4.78, 5) is 28.5. The van der Waals surface area contributed by atoms with Gasteiger partial charge < -0.3 is 30.6 Å². The second-order valence-electron chi connectivity index (χ2n) is 11.5. The van der Waals surface area contributed by atoms with E-state index in [2.05, 4.69) is 10.6 Å². The Labute approximate surface area is 242 Å². The second-order valence-corrected chi connectivity index (χ2v) is 11.5. The molecule has 4 N–H and O–H groups in total. The van der Waals surface area contributed by atoms with Crippen LogP contribution in [-0.2, 0) is 12.0 Å². The number of likely N-dealkylation sites (tertiary alicyclic amines) is 2. The molecule has 2 aromatic carbocycles. The number of nitrogens with zero attached hydrogens (tertiary/aromatic N) is 2. The molecule has 0 aliphatic carbocycles. The fourth-order valence-corrected chi connectivity index (χ4v) is 6.59. The number of rotatable bonds is 10. The van der Waals surface area contributed by atoms with Gasteiger partial charge in [-0.25, -0.2) is 14.0 Å². The molecule has 0 bridgehead atoms. The molecule has 8 nitrogen and oxygen atoms in total. The van der Waals surface area contributed by atoms with Gasteiger partial charge in [0.25, 0.3) is 0 Å². The highest BCUT2D eigenvalue weighted by Crippen LogP contribution is 2.44. The van der Waals surface area contributed by atoms with Crippen LogP contribution in [0.4, 0.5) is 14.0 Å². The fraction of sp³-hybridized carbons (Fsp3) is 0.562. The number of hydrogen-bond donors (Lipinski definition) is 4. The minimum absolute atomic E-state index is 0.00242. The van der Waals surface area contributed by atoms with Crippen LogP contribution < -0.4 is 10.6 Å². The van der Waals surface area contributed by atoms with E-state index in [1.807, 2.05) is 48.0 Å². The third-order valence-corrected chi connectivity index (χ3v) is 8.86. The summed E-state index contributed by atoms with van der Waals surface area (Å²) in [5, 5.41) is 27.3. The predicted molar refractivity (Wildman–Crippen MR) is 158 cm³/mol. The van der Waals surface area contributed by atoms with Crippen molar-refractivity contribution in [1.82, 2.24) is 20.4 Å². The van der Waals surface area contributed by atoms with Gasteiger partial charge in [0.15, 0.2) is 0 Å². The predicted octanol–water partition coefficient (Wildman–Crippen LogP) is 5.05. The van der Waals surface area contributed by atoms with Gasteiger partial charge in [-0.3, -0.25) is 0 Å². The van der Waals surface area contributed by atoms with Crippen molar-refractivity contribution in [2.45, 2.75) is 57.5 Å². The number of benzene rings is 2. The van der Waals surface area contributed by atoms with E-state index in [4.69, 9.17) is 5.11 Å². The van der Waals surface area contributed by atoms with Crippen molar-refractivity contribution in [2.75, 3.05) is 46.3 Å². The van der Waals surface area contributed by atoms with Gasteiger partial charge in [0, 0.05) is 44.2 Å². The first-order valence-electron chi connectivity index (χ1n) is 15.0. The van der Waals surface area contributed by atoms with Crippen molar-refractivity contribution in [1.29, 1.82) is 0 Å². The number of halogens is 1. The van der Waals surface area contributed by atoms with Crippen molar-refractivity contribution >= 4 is 12.1 Å². The van der Waals surface area contributed by atoms with E-state index in [0.717, 1.165) is 50.9 Å². The van der Waals surface area contributed by atoms with Crippen LogP contribution in [0.2, 0.25) is 0 Å². The Kier molecular flexibility index (Phi) is 10.6. The first-order chi connectivity index (χ1) is 19.8. The number of aliphatic hydroxyl groups is 1. The van der Waals surface area contributed by atoms with Crippen LogP contribution in [0.5, 0.6) is 0 Å². The molecule has 2 atom stereocenters. The maximum atomic E-state index is 15.6. The summed E-state index contributed by atoms with van der Waals surface area (Å²) < 4.78 is 15.6. The van der Waals surface area contributed by atoms with Crippen molar-refractivity contribution in [3.05, 3.63) is 59.4 Å². The number of carbonyl (C=O) groups excluding carboxylic acids is 1. The van der Waals surface area contributed by atoms with Crippen LogP contribution in [0.15, 0.2) is 42.5 Å². The van der Waals surface area contributed by atoms with Crippen LogP contribution in [0.3, 0.4) is 0 Å². The lowest BCUT2D eigenvalue weighted by Gasteiger charge is -2.45. The zero-order chi connectivity index (χ0) is 29.4. The van der Waals surface area contributed by atoms with Crippen molar-refractivity contribution in [3.8, 4) is 11.1 Å². The van der Waals surface area contributed by atoms with Gasteiger partial charge in [0.2, 0.25) is 0 Å². The molecule has 0 aromatic heterocycles. The SMILES string of the molecule is CCc1cccc(-c2c(F)cccc2[C@](O)(CCCNC(=O)O)[C@@H]2CCCN(C(=O)N3CCC(CNC)CC3)C2)c1. The number of piperidine rings is 2. The van der Waals surface area contributed by atoms with Crippen LogP contribution in [-0.4, -0.2) is 78.5 Å². The van der Waals surface area contributed by atoms with Crippen molar-refractivity contribution in [2.24, 2.45) is 11.8 Å². The number of nitrogens with one attached hydrogen (secondary N) is 2. The van der Waals surface area contributed by atoms with E-state index in [0.29, 0.717) is 48.5 Å². The normalized spacial score (nSPS) is 19.6. The quantitative estimate of drug-likeness (QED) is 0.300. The third-order valence-electron chi connectivity index (χ3n) is 8.86. The Morgan fingerprint density at radius 3 is 2.54 bits per heavy atom. The fourth-order valence-electron chi connectivity index (χ4n) is 6.59. The molecule has 9 heteroatoms. The minimum Gasteiger partial charge on any atom is -0.465 e. The molecular formula is C32H45FN4O4. The van der Waals surface area contributed by atoms with Crippen LogP contribution in [0.1, 0.15) is 56.6 Å². The number of carboxylic acid groups (broad SMARTS) is 1. The second kappa shape index (κ2) is 14.1. The molecule has 41 heavy (non-hydrogen) atoms. The summed E-state index contributed by atoms with van der Waals surface area (Å²) in [6, 6.07) is 12.6. The highest BCUT2D eigenvalue weighted by atomic mass is 19.1. The number of amides is 3. The summed E-state index contributed by atoms with van der Waals surface area (Å²) >= 11 is 0. The lowest BCUT2D eigenvalue weighted by Crippen LogP contribution is -2.53. The standard InChI is InChI=1S/C32H45FN4O4/c1-3-23-8-4-9-25(20-23)29-27(11-5-12-28(29)33)32(41,15-7-16-35-30(38)39)26-10-6-17-37(22-26)31(40)36-18-13-24(14-19-36)21-34-2/h4-5,8-9,11-12,20,24,26,34-35,41H,3,6-7,10,13-19,21-22H2,1-2H3,(H,38,39)/t26-,32+/m1/s1. The molecule has 2 saturated heterocycles. The molecule has 2 fully saturated rings. The van der Waals surface area contributed by atoms with E-state index in [9.17, 15) is 14.7 Å². The van der Waals surface area contributed by atoms with Gasteiger partial charge in [-0.1, -0.05) is 43.3 Å². The summed E-state index contributed by atoms with van der Waals surface area (Å²) in [6.45, 7) is 5.60. The Hall–Kier alpha value is -3.17. The maximum Gasteiger partial charge on any atom is 0.404 e. The lowest BCUT2D eigenvalue weighted by atomic mass is 9.72. The number of hydrogen-bond acceptors (Lipinski definition) is 4. The van der Waals surface area contributed by atoms with Gasteiger partial charge >= 0.3 is 12.1 Å². The van der Waals surface area contributed by atoms with Crippen molar-refractivity contribution < 1.29 is 24.2 Å². The molecule has 2 aliphatic heterocycles. The molecule has 0 unspecified atom stereocenters. The van der Waals surface area contributed by atoms with Gasteiger partial charge in [0.05, 0.1) is 5.60 Å². The molecule has 4 rings (SSSR count). The monoisotopic (exact) mass is 568 g/mol. The Morgan fingerprint density at radius 1 is 1.07 bits per heavy atom. The third kappa shape index (κ3) is 7.38. The average molecular weight is 569 g/mol. The van der Waals surface area contributed by atoms with Gasteiger partial charge in [-0.15, -0.1) is 0 Å². The van der Waals surface area contributed by atoms with E-state index in [1.54, 1.807) is 12.1 Å². The number of aryl methyl sites for hydroxylation is 1. The molecule has 2 aromatic rings. The smallest absolute Gasteiger partial charge is 0.404 e. The molecule has 2 heterocycles. The van der Waals surface area contributed by atoms with Gasteiger partial charge in [0.1, 0.15) is 5.82 Å². The summed E-state index contributed by atoms with van der Waals surface area (Å²) in [5.74, 6) is -0.173. The summed E-state index contributed by atoms with van der Waals surface area (Å²) in [5.41, 5.74) is 1.17. The Bertz CT molecular complexity index is 1190. The first kappa shape index (κ1) is 30.8. The average Bonchev–Trinajstić information content (AvgIpc) is 2.99.